The van der Waals surface area contributed by atoms with Crippen molar-refractivity contribution in [2.75, 3.05) is 17.2 Å². The van der Waals surface area contributed by atoms with E-state index in [1.165, 1.54) is 0 Å². The van der Waals surface area contributed by atoms with Crippen LogP contribution < -0.4 is 10.6 Å². The van der Waals surface area contributed by atoms with E-state index >= 15 is 0 Å². The summed E-state index contributed by atoms with van der Waals surface area (Å²) in [6.07, 6.45) is 0.367. The summed E-state index contributed by atoms with van der Waals surface area (Å²) in [6, 6.07) is 16.4. The van der Waals surface area contributed by atoms with Crippen LogP contribution in [0.5, 0.6) is 0 Å². The van der Waals surface area contributed by atoms with E-state index in [-0.39, 0.29) is 12.5 Å². The van der Waals surface area contributed by atoms with Crippen LogP contribution in [-0.2, 0) is 11.2 Å². The van der Waals surface area contributed by atoms with Gasteiger partial charge in [0.15, 0.2) is 0 Å². The Morgan fingerprint density at radius 3 is 2.29 bits per heavy atom. The average molecular weight is 300 g/mol. The largest absolute Gasteiger partial charge is 0.376 e. The van der Waals surface area contributed by atoms with Gasteiger partial charge in [-0.1, -0.05) is 23.7 Å². The van der Waals surface area contributed by atoms with E-state index in [2.05, 4.69) is 16.7 Å². The van der Waals surface area contributed by atoms with Crippen LogP contribution in [0.3, 0.4) is 0 Å². The van der Waals surface area contributed by atoms with Gasteiger partial charge in [-0.2, -0.15) is 5.26 Å². The average Bonchev–Trinajstić information content (AvgIpc) is 2.49. The number of hydrogen-bond acceptors (Lipinski definition) is 3. The summed E-state index contributed by atoms with van der Waals surface area (Å²) < 4.78 is 0. The van der Waals surface area contributed by atoms with Crippen LogP contribution in [0.1, 0.15) is 5.56 Å². The second-order valence-corrected chi connectivity index (χ2v) is 4.88. The van der Waals surface area contributed by atoms with Crippen LogP contribution in [0.15, 0.2) is 48.5 Å². The first-order valence-electron chi connectivity index (χ1n) is 6.42. The maximum Gasteiger partial charge on any atom is 0.243 e. The highest BCUT2D eigenvalue weighted by Gasteiger charge is 2.02. The third-order valence-electron chi connectivity index (χ3n) is 2.82. The lowest BCUT2D eigenvalue weighted by Crippen LogP contribution is -2.21. The molecular formula is C16H14ClN3O. The Morgan fingerprint density at radius 1 is 1.05 bits per heavy atom. The molecule has 0 saturated heterocycles. The zero-order valence-corrected chi connectivity index (χ0v) is 12.0. The number of halogens is 1. The van der Waals surface area contributed by atoms with Gasteiger partial charge in [0, 0.05) is 16.4 Å². The SMILES string of the molecule is N#CCc1ccc(NC(=O)CNc2ccc(Cl)cc2)cc1. The first kappa shape index (κ1) is 14.9. The summed E-state index contributed by atoms with van der Waals surface area (Å²) in [7, 11) is 0. The van der Waals surface area contributed by atoms with Gasteiger partial charge in [0.05, 0.1) is 19.0 Å². The number of amides is 1. The van der Waals surface area contributed by atoms with Crippen LogP contribution >= 0.6 is 11.6 Å². The fraction of sp³-hybridized carbons (Fsp3) is 0.125. The molecule has 2 N–H and O–H groups in total. The lowest BCUT2D eigenvalue weighted by atomic mass is 10.1. The Bertz CT molecular complexity index is 645. The molecule has 5 heteroatoms. The number of nitrogens with zero attached hydrogens (tertiary/aromatic N) is 1. The van der Waals surface area contributed by atoms with Gasteiger partial charge < -0.3 is 10.6 Å². The van der Waals surface area contributed by atoms with Crippen molar-refractivity contribution < 1.29 is 4.79 Å². The lowest BCUT2D eigenvalue weighted by molar-refractivity contribution is -0.114. The number of nitrogens with one attached hydrogen (secondary N) is 2. The van der Waals surface area contributed by atoms with Crippen molar-refractivity contribution in [1.29, 1.82) is 5.26 Å². The van der Waals surface area contributed by atoms with Gasteiger partial charge in [0.2, 0.25) is 5.91 Å². The van der Waals surface area contributed by atoms with E-state index in [9.17, 15) is 4.79 Å². The molecule has 0 aliphatic heterocycles. The molecule has 0 unspecified atom stereocenters. The molecule has 0 atom stereocenters. The molecule has 0 fully saturated rings. The first-order chi connectivity index (χ1) is 10.2. The second-order valence-electron chi connectivity index (χ2n) is 4.44. The van der Waals surface area contributed by atoms with Crippen LogP contribution in [0.25, 0.3) is 0 Å². The molecule has 21 heavy (non-hydrogen) atoms. The van der Waals surface area contributed by atoms with Gasteiger partial charge in [0.1, 0.15) is 0 Å². The molecule has 0 heterocycles. The van der Waals surface area contributed by atoms with E-state index in [0.29, 0.717) is 17.1 Å². The normalized spacial score (nSPS) is 9.71. The van der Waals surface area contributed by atoms with Crippen LogP contribution in [-0.4, -0.2) is 12.5 Å². The van der Waals surface area contributed by atoms with Crippen molar-refractivity contribution in [3.63, 3.8) is 0 Å². The smallest absolute Gasteiger partial charge is 0.243 e. The van der Waals surface area contributed by atoms with E-state index in [4.69, 9.17) is 16.9 Å². The molecule has 2 aromatic carbocycles. The topological polar surface area (TPSA) is 64.9 Å². The summed E-state index contributed by atoms with van der Waals surface area (Å²) in [5, 5.41) is 15.0. The highest BCUT2D eigenvalue weighted by atomic mass is 35.5. The molecule has 0 aliphatic rings. The molecule has 0 radical (unpaired) electrons. The maximum atomic E-state index is 11.8. The van der Waals surface area contributed by atoms with Crippen molar-refractivity contribution in [1.82, 2.24) is 0 Å². The van der Waals surface area contributed by atoms with Crippen LogP contribution in [0.4, 0.5) is 11.4 Å². The van der Waals surface area contributed by atoms with Gasteiger partial charge in [-0.25, -0.2) is 0 Å². The Labute approximate surface area is 128 Å². The van der Waals surface area contributed by atoms with Gasteiger partial charge in [-0.15, -0.1) is 0 Å². The minimum atomic E-state index is -0.141. The molecule has 2 rings (SSSR count). The standard InChI is InChI=1S/C16H14ClN3O/c17-13-3-7-14(8-4-13)19-11-16(21)20-15-5-1-12(2-6-15)9-10-18/h1-8,19H,9,11H2,(H,20,21). The van der Waals surface area contributed by atoms with E-state index in [0.717, 1.165) is 11.3 Å². The molecule has 1 amide bonds. The van der Waals surface area contributed by atoms with Crippen molar-refractivity contribution in [3.8, 4) is 6.07 Å². The first-order valence-corrected chi connectivity index (χ1v) is 6.80. The Kier molecular flexibility index (Phi) is 5.19. The zero-order valence-electron chi connectivity index (χ0n) is 11.3. The van der Waals surface area contributed by atoms with Crippen molar-refractivity contribution in [2.45, 2.75) is 6.42 Å². The summed E-state index contributed by atoms with van der Waals surface area (Å²) in [5.74, 6) is -0.141. The molecule has 106 valence electrons. The zero-order chi connectivity index (χ0) is 15.1. The second kappa shape index (κ2) is 7.32. The fourth-order valence-corrected chi connectivity index (χ4v) is 1.88. The third kappa shape index (κ3) is 4.83. The Balaban J connectivity index is 1.84. The number of benzene rings is 2. The van der Waals surface area contributed by atoms with Gasteiger partial charge in [0.25, 0.3) is 0 Å². The monoisotopic (exact) mass is 299 g/mol. The minimum Gasteiger partial charge on any atom is -0.376 e. The van der Waals surface area contributed by atoms with E-state index in [1.54, 1.807) is 24.3 Å². The number of anilines is 2. The van der Waals surface area contributed by atoms with E-state index < -0.39 is 0 Å². The van der Waals surface area contributed by atoms with Crippen LogP contribution in [0, 0.1) is 11.3 Å². The van der Waals surface area contributed by atoms with Crippen molar-refractivity contribution in [2.24, 2.45) is 0 Å². The maximum absolute atomic E-state index is 11.8. The highest BCUT2D eigenvalue weighted by molar-refractivity contribution is 6.30. The van der Waals surface area contributed by atoms with E-state index in [1.807, 2.05) is 24.3 Å². The predicted octanol–water partition coefficient (Wildman–Crippen LogP) is 3.46. The fourth-order valence-electron chi connectivity index (χ4n) is 1.75. The summed E-state index contributed by atoms with van der Waals surface area (Å²) >= 11 is 5.79. The van der Waals surface area contributed by atoms with Gasteiger partial charge in [-0.3, -0.25) is 4.79 Å². The summed E-state index contributed by atoms with van der Waals surface area (Å²) in [5.41, 5.74) is 2.47. The minimum absolute atomic E-state index is 0.141. The number of rotatable bonds is 5. The van der Waals surface area contributed by atoms with Gasteiger partial charge in [-0.05, 0) is 42.0 Å². The molecule has 0 aromatic heterocycles. The number of hydrogen-bond donors (Lipinski definition) is 2. The van der Waals surface area contributed by atoms with Crippen molar-refractivity contribution in [3.05, 3.63) is 59.1 Å². The predicted molar refractivity (Wildman–Crippen MR) is 84.3 cm³/mol. The molecule has 0 bridgehead atoms. The molecule has 0 spiro atoms. The highest BCUT2D eigenvalue weighted by Crippen LogP contribution is 2.13. The Hall–Kier alpha value is -2.51. The van der Waals surface area contributed by atoms with Gasteiger partial charge >= 0.3 is 0 Å². The third-order valence-corrected chi connectivity index (χ3v) is 3.07. The molecule has 0 aliphatic carbocycles. The van der Waals surface area contributed by atoms with Crippen LogP contribution in [0.2, 0.25) is 5.02 Å². The molecule has 4 nitrogen and oxygen atoms in total. The lowest BCUT2D eigenvalue weighted by Gasteiger charge is -2.08. The summed E-state index contributed by atoms with van der Waals surface area (Å²) in [6.45, 7) is 0.168. The molecule has 2 aromatic rings. The van der Waals surface area contributed by atoms with Crippen molar-refractivity contribution >= 4 is 28.9 Å². The number of carbonyl (C=O) groups is 1. The Morgan fingerprint density at radius 2 is 1.67 bits per heavy atom. The molecular weight excluding hydrogens is 286 g/mol. The number of carbonyl (C=O) groups excluding carboxylic acids is 1. The molecule has 0 saturated carbocycles. The number of nitriles is 1. The quantitative estimate of drug-likeness (QED) is 0.888. The summed E-state index contributed by atoms with van der Waals surface area (Å²) in [4.78, 5) is 11.8.